The Morgan fingerprint density at radius 1 is 1.59 bits per heavy atom. The van der Waals surface area contributed by atoms with E-state index in [-0.39, 0.29) is 23.7 Å². The van der Waals surface area contributed by atoms with Gasteiger partial charge in [-0.2, -0.15) is 0 Å². The molecule has 1 saturated heterocycles. The average molecular weight is 234 g/mol. The number of carbonyl (C=O) groups is 1. The van der Waals surface area contributed by atoms with Crippen LogP contribution < -0.4 is 10.6 Å². The molecule has 1 aliphatic heterocycles. The summed E-state index contributed by atoms with van der Waals surface area (Å²) in [6.45, 7) is 2.81. The van der Waals surface area contributed by atoms with Crippen LogP contribution in [0.15, 0.2) is 24.3 Å². The van der Waals surface area contributed by atoms with Crippen molar-refractivity contribution < 1.29 is 9.90 Å². The summed E-state index contributed by atoms with van der Waals surface area (Å²) in [5, 5.41) is 15.7. The molecule has 1 aromatic carbocycles. The maximum atomic E-state index is 11.0. The van der Waals surface area contributed by atoms with Crippen molar-refractivity contribution in [2.45, 2.75) is 31.8 Å². The van der Waals surface area contributed by atoms with E-state index in [1.165, 1.54) is 0 Å². The first kappa shape index (κ1) is 11.9. The van der Waals surface area contributed by atoms with Crippen molar-refractivity contribution in [3.8, 4) is 5.75 Å². The highest BCUT2D eigenvalue weighted by molar-refractivity contribution is 5.78. The van der Waals surface area contributed by atoms with Gasteiger partial charge in [-0.1, -0.05) is 12.1 Å². The lowest BCUT2D eigenvalue weighted by Crippen LogP contribution is -2.36. The molecule has 2 rings (SSSR count). The molecule has 1 amide bonds. The molecule has 17 heavy (non-hydrogen) atoms. The van der Waals surface area contributed by atoms with Gasteiger partial charge < -0.3 is 15.7 Å². The van der Waals surface area contributed by atoms with Crippen LogP contribution in [0.4, 0.5) is 0 Å². The van der Waals surface area contributed by atoms with E-state index in [1.807, 2.05) is 19.1 Å². The average Bonchev–Trinajstić information content (AvgIpc) is 2.72. The molecular weight excluding hydrogens is 216 g/mol. The zero-order valence-electron chi connectivity index (χ0n) is 9.94. The van der Waals surface area contributed by atoms with Crippen molar-refractivity contribution in [1.82, 2.24) is 10.6 Å². The van der Waals surface area contributed by atoms with Gasteiger partial charge >= 0.3 is 0 Å². The molecule has 2 atom stereocenters. The van der Waals surface area contributed by atoms with Gasteiger partial charge in [0.15, 0.2) is 0 Å². The zero-order valence-corrected chi connectivity index (χ0v) is 9.94. The molecule has 4 heteroatoms. The smallest absolute Gasteiger partial charge is 0.220 e. The van der Waals surface area contributed by atoms with E-state index < -0.39 is 0 Å². The van der Waals surface area contributed by atoms with Crippen molar-refractivity contribution in [2.24, 2.45) is 0 Å². The highest BCUT2D eigenvalue weighted by Gasteiger charge is 2.20. The largest absolute Gasteiger partial charge is 0.508 e. The maximum Gasteiger partial charge on any atom is 0.220 e. The van der Waals surface area contributed by atoms with Crippen LogP contribution in [-0.4, -0.2) is 23.6 Å². The molecular formula is C13H18N2O2. The van der Waals surface area contributed by atoms with Crippen LogP contribution in [-0.2, 0) is 4.79 Å². The second-order valence-electron chi connectivity index (χ2n) is 4.53. The standard InChI is InChI=1S/C13H18N2O2/c1-9(10-3-2-4-12(16)7-10)14-8-11-5-6-13(17)15-11/h2-4,7,9,11,14,16H,5-6,8H2,1H3,(H,15,17). The summed E-state index contributed by atoms with van der Waals surface area (Å²) in [4.78, 5) is 11.0. The molecule has 4 nitrogen and oxygen atoms in total. The molecule has 0 aliphatic carbocycles. The third-order valence-corrected chi connectivity index (χ3v) is 3.13. The van der Waals surface area contributed by atoms with E-state index in [0.717, 1.165) is 18.5 Å². The summed E-state index contributed by atoms with van der Waals surface area (Å²) < 4.78 is 0. The summed E-state index contributed by atoms with van der Waals surface area (Å²) in [6.07, 6.45) is 1.53. The number of aromatic hydroxyl groups is 1. The molecule has 0 radical (unpaired) electrons. The number of amides is 1. The monoisotopic (exact) mass is 234 g/mol. The Balaban J connectivity index is 1.85. The van der Waals surface area contributed by atoms with Gasteiger partial charge in [0.05, 0.1) is 0 Å². The zero-order chi connectivity index (χ0) is 12.3. The SMILES string of the molecule is CC(NCC1CCC(=O)N1)c1cccc(O)c1. The Morgan fingerprint density at radius 2 is 2.41 bits per heavy atom. The van der Waals surface area contributed by atoms with Crippen LogP contribution in [0.5, 0.6) is 5.75 Å². The fraction of sp³-hybridized carbons (Fsp3) is 0.462. The number of nitrogens with one attached hydrogen (secondary N) is 2. The Kier molecular flexibility index (Phi) is 3.64. The Morgan fingerprint density at radius 3 is 3.06 bits per heavy atom. The molecule has 0 aromatic heterocycles. The van der Waals surface area contributed by atoms with Crippen molar-refractivity contribution in [3.05, 3.63) is 29.8 Å². The van der Waals surface area contributed by atoms with Crippen molar-refractivity contribution in [3.63, 3.8) is 0 Å². The number of hydrogen-bond donors (Lipinski definition) is 3. The van der Waals surface area contributed by atoms with Gasteiger partial charge in [0.1, 0.15) is 5.75 Å². The summed E-state index contributed by atoms with van der Waals surface area (Å²) in [5.41, 5.74) is 1.05. The minimum Gasteiger partial charge on any atom is -0.508 e. The summed E-state index contributed by atoms with van der Waals surface area (Å²) in [7, 11) is 0. The number of rotatable bonds is 4. The second-order valence-corrected chi connectivity index (χ2v) is 4.53. The number of carbonyl (C=O) groups excluding carboxylic acids is 1. The van der Waals surface area contributed by atoms with Crippen LogP contribution in [0.1, 0.15) is 31.4 Å². The van der Waals surface area contributed by atoms with E-state index in [9.17, 15) is 9.90 Å². The molecule has 1 aromatic rings. The van der Waals surface area contributed by atoms with Crippen LogP contribution >= 0.6 is 0 Å². The first-order chi connectivity index (χ1) is 8.15. The predicted octanol–water partition coefficient (Wildman–Crippen LogP) is 1.32. The van der Waals surface area contributed by atoms with E-state index in [4.69, 9.17) is 0 Å². The number of phenolic OH excluding ortho intramolecular Hbond substituents is 1. The highest BCUT2D eigenvalue weighted by Crippen LogP contribution is 2.18. The minimum atomic E-state index is 0.141. The molecule has 0 saturated carbocycles. The Labute approximate surface area is 101 Å². The number of benzene rings is 1. The van der Waals surface area contributed by atoms with Crippen LogP contribution in [0.3, 0.4) is 0 Å². The molecule has 2 unspecified atom stereocenters. The van der Waals surface area contributed by atoms with E-state index in [0.29, 0.717) is 6.42 Å². The van der Waals surface area contributed by atoms with Crippen LogP contribution in [0.25, 0.3) is 0 Å². The minimum absolute atomic E-state index is 0.141. The predicted molar refractivity (Wildman–Crippen MR) is 65.7 cm³/mol. The van der Waals surface area contributed by atoms with E-state index in [1.54, 1.807) is 12.1 Å². The fourth-order valence-electron chi connectivity index (χ4n) is 2.06. The normalized spacial score (nSPS) is 21.2. The summed E-state index contributed by atoms with van der Waals surface area (Å²) in [6, 6.07) is 7.63. The number of hydrogen-bond acceptors (Lipinski definition) is 3. The molecule has 92 valence electrons. The van der Waals surface area contributed by atoms with Crippen LogP contribution in [0, 0.1) is 0 Å². The number of phenols is 1. The lowest BCUT2D eigenvalue weighted by atomic mass is 10.1. The van der Waals surface area contributed by atoms with Crippen molar-refractivity contribution >= 4 is 5.91 Å². The lowest BCUT2D eigenvalue weighted by Gasteiger charge is -2.17. The fourth-order valence-corrected chi connectivity index (χ4v) is 2.06. The first-order valence-electron chi connectivity index (χ1n) is 5.97. The van der Waals surface area contributed by atoms with Crippen LogP contribution in [0.2, 0.25) is 0 Å². The topological polar surface area (TPSA) is 61.4 Å². The quantitative estimate of drug-likeness (QED) is 0.736. The molecule has 3 N–H and O–H groups in total. The summed E-state index contributed by atoms with van der Waals surface area (Å²) >= 11 is 0. The van der Waals surface area contributed by atoms with Crippen molar-refractivity contribution in [2.75, 3.05) is 6.54 Å². The van der Waals surface area contributed by atoms with Gasteiger partial charge in [-0.25, -0.2) is 0 Å². The Hall–Kier alpha value is -1.55. The second kappa shape index (κ2) is 5.19. The van der Waals surface area contributed by atoms with Gasteiger partial charge in [-0.05, 0) is 31.0 Å². The van der Waals surface area contributed by atoms with Gasteiger partial charge in [-0.15, -0.1) is 0 Å². The van der Waals surface area contributed by atoms with E-state index >= 15 is 0 Å². The molecule has 0 spiro atoms. The summed E-state index contributed by atoms with van der Waals surface area (Å²) in [5.74, 6) is 0.423. The van der Waals surface area contributed by atoms with Gasteiger partial charge in [0.25, 0.3) is 0 Å². The maximum absolute atomic E-state index is 11.0. The molecule has 1 heterocycles. The first-order valence-corrected chi connectivity index (χ1v) is 5.97. The molecule has 1 fully saturated rings. The Bertz CT molecular complexity index is 406. The molecule has 1 aliphatic rings. The lowest BCUT2D eigenvalue weighted by molar-refractivity contribution is -0.119. The van der Waals surface area contributed by atoms with E-state index in [2.05, 4.69) is 10.6 Å². The third kappa shape index (κ3) is 3.20. The van der Waals surface area contributed by atoms with Gasteiger partial charge in [0.2, 0.25) is 5.91 Å². The van der Waals surface area contributed by atoms with Gasteiger partial charge in [0, 0.05) is 25.0 Å². The van der Waals surface area contributed by atoms with Gasteiger partial charge in [-0.3, -0.25) is 4.79 Å². The third-order valence-electron chi connectivity index (χ3n) is 3.13. The molecule has 0 bridgehead atoms. The van der Waals surface area contributed by atoms with Crippen molar-refractivity contribution in [1.29, 1.82) is 0 Å². The highest BCUT2D eigenvalue weighted by atomic mass is 16.3.